The first-order valence-electron chi connectivity index (χ1n) is 6.73. The fourth-order valence-electron chi connectivity index (χ4n) is 2.62. The van der Waals surface area contributed by atoms with Crippen LogP contribution in [0.3, 0.4) is 0 Å². The van der Waals surface area contributed by atoms with Gasteiger partial charge in [0, 0.05) is 29.1 Å². The van der Waals surface area contributed by atoms with Crippen LogP contribution in [0.4, 0.5) is 0 Å². The van der Waals surface area contributed by atoms with Crippen molar-refractivity contribution in [3.63, 3.8) is 0 Å². The first kappa shape index (κ1) is 15.3. The van der Waals surface area contributed by atoms with Crippen molar-refractivity contribution in [2.75, 3.05) is 0 Å². The molecule has 3 aromatic rings. The number of halogens is 1. The number of nitrogens with one attached hydrogen (secondary N) is 1. The SMILES string of the molecule is Cc1[nH]c2ccccc2c1CC[n+]1cccc(C#N)c1.[Br-]. The van der Waals surface area contributed by atoms with Crippen LogP contribution in [0.5, 0.6) is 0 Å². The monoisotopic (exact) mass is 341 g/mol. The Labute approximate surface area is 134 Å². The number of hydrogen-bond acceptors (Lipinski definition) is 1. The van der Waals surface area contributed by atoms with E-state index in [-0.39, 0.29) is 17.0 Å². The largest absolute Gasteiger partial charge is 1.00 e. The highest BCUT2D eigenvalue weighted by atomic mass is 79.9. The Bertz CT molecular complexity index is 799. The molecular formula is C17H16BrN3. The van der Waals surface area contributed by atoms with Gasteiger partial charge in [0.1, 0.15) is 11.6 Å². The van der Waals surface area contributed by atoms with Crippen LogP contribution in [0.1, 0.15) is 16.8 Å². The average Bonchev–Trinajstić information content (AvgIpc) is 2.81. The van der Waals surface area contributed by atoms with E-state index < -0.39 is 0 Å². The average molecular weight is 342 g/mol. The Kier molecular flexibility index (Phi) is 4.77. The highest BCUT2D eigenvalue weighted by Gasteiger charge is 2.10. The molecule has 3 rings (SSSR count). The molecule has 4 heteroatoms. The van der Waals surface area contributed by atoms with Gasteiger partial charge in [0.25, 0.3) is 0 Å². The predicted octanol–water partition coefficient (Wildman–Crippen LogP) is -0.118. The topological polar surface area (TPSA) is 43.5 Å². The van der Waals surface area contributed by atoms with Crippen LogP contribution in [0.2, 0.25) is 0 Å². The van der Waals surface area contributed by atoms with E-state index in [0.29, 0.717) is 5.56 Å². The second kappa shape index (κ2) is 6.55. The third-order valence-corrected chi connectivity index (χ3v) is 3.63. The molecule has 106 valence electrons. The summed E-state index contributed by atoms with van der Waals surface area (Å²) in [5.74, 6) is 0. The fourth-order valence-corrected chi connectivity index (χ4v) is 2.62. The second-order valence-corrected chi connectivity index (χ2v) is 4.97. The van der Waals surface area contributed by atoms with Gasteiger partial charge in [0.2, 0.25) is 0 Å². The molecule has 0 aliphatic heterocycles. The lowest BCUT2D eigenvalue weighted by molar-refractivity contribution is -0.696. The molecule has 0 fully saturated rings. The van der Waals surface area contributed by atoms with Gasteiger partial charge >= 0.3 is 0 Å². The van der Waals surface area contributed by atoms with Gasteiger partial charge in [0.15, 0.2) is 18.9 Å². The van der Waals surface area contributed by atoms with Crippen LogP contribution in [-0.4, -0.2) is 4.98 Å². The fraction of sp³-hybridized carbons (Fsp3) is 0.176. The van der Waals surface area contributed by atoms with Crippen molar-refractivity contribution < 1.29 is 21.5 Å². The zero-order valence-electron chi connectivity index (χ0n) is 11.8. The van der Waals surface area contributed by atoms with E-state index in [1.165, 1.54) is 22.2 Å². The predicted molar refractivity (Wildman–Crippen MR) is 78.1 cm³/mol. The Morgan fingerprint density at radius 3 is 2.81 bits per heavy atom. The number of rotatable bonds is 3. The van der Waals surface area contributed by atoms with E-state index in [9.17, 15) is 0 Å². The van der Waals surface area contributed by atoms with Crippen molar-refractivity contribution in [1.29, 1.82) is 5.26 Å². The summed E-state index contributed by atoms with van der Waals surface area (Å²) < 4.78 is 2.07. The van der Waals surface area contributed by atoms with Crippen LogP contribution < -0.4 is 21.5 Å². The summed E-state index contributed by atoms with van der Waals surface area (Å²) in [7, 11) is 0. The number of nitriles is 1. The standard InChI is InChI=1S/C17H16N3.BrH/c1-13-15(16-6-2-3-7-17(16)19-13)8-10-20-9-4-5-14(11-18)12-20;/h2-7,9,12,19H,8,10H2,1H3;1H/q+1;/p-1. The number of nitrogens with zero attached hydrogens (tertiary/aromatic N) is 2. The Hall–Kier alpha value is -2.12. The molecule has 1 N–H and O–H groups in total. The summed E-state index contributed by atoms with van der Waals surface area (Å²) in [6, 6.07) is 14.3. The first-order valence-corrected chi connectivity index (χ1v) is 6.73. The van der Waals surface area contributed by atoms with E-state index in [0.717, 1.165) is 13.0 Å². The lowest BCUT2D eigenvalue weighted by Gasteiger charge is -1.99. The molecule has 0 spiro atoms. The van der Waals surface area contributed by atoms with Crippen molar-refractivity contribution in [2.24, 2.45) is 0 Å². The number of benzene rings is 1. The van der Waals surface area contributed by atoms with Crippen molar-refractivity contribution >= 4 is 10.9 Å². The quantitative estimate of drug-likeness (QED) is 0.663. The van der Waals surface area contributed by atoms with E-state index in [1.807, 2.05) is 30.6 Å². The van der Waals surface area contributed by atoms with Crippen LogP contribution in [-0.2, 0) is 13.0 Å². The van der Waals surface area contributed by atoms with Gasteiger partial charge in [0.05, 0.1) is 0 Å². The van der Waals surface area contributed by atoms with Gasteiger partial charge in [-0.25, -0.2) is 4.57 Å². The third-order valence-electron chi connectivity index (χ3n) is 3.63. The van der Waals surface area contributed by atoms with Crippen LogP contribution in [0, 0.1) is 18.3 Å². The van der Waals surface area contributed by atoms with Gasteiger partial charge < -0.3 is 22.0 Å². The Balaban J connectivity index is 0.00000161. The molecule has 0 saturated heterocycles. The number of aromatic nitrogens is 2. The number of H-pyrrole nitrogens is 1. The minimum Gasteiger partial charge on any atom is -1.00 e. The lowest BCUT2D eigenvalue weighted by atomic mass is 10.1. The minimum atomic E-state index is 0. The molecule has 1 aromatic carbocycles. The second-order valence-electron chi connectivity index (χ2n) is 4.97. The number of fused-ring (bicyclic) bond motifs is 1. The molecule has 0 atom stereocenters. The molecule has 0 amide bonds. The lowest BCUT2D eigenvalue weighted by Crippen LogP contribution is -3.00. The van der Waals surface area contributed by atoms with E-state index in [2.05, 4.69) is 40.7 Å². The summed E-state index contributed by atoms with van der Waals surface area (Å²) in [5.41, 5.74) is 4.47. The van der Waals surface area contributed by atoms with Gasteiger partial charge in [-0.05, 0) is 24.6 Å². The molecule has 0 saturated carbocycles. The van der Waals surface area contributed by atoms with E-state index >= 15 is 0 Å². The van der Waals surface area contributed by atoms with Crippen molar-refractivity contribution in [3.8, 4) is 6.07 Å². The van der Waals surface area contributed by atoms with Crippen LogP contribution in [0.25, 0.3) is 10.9 Å². The summed E-state index contributed by atoms with van der Waals surface area (Å²) in [6.45, 7) is 2.99. The number of hydrogen-bond donors (Lipinski definition) is 1. The van der Waals surface area contributed by atoms with Gasteiger partial charge in [-0.2, -0.15) is 5.26 Å². The minimum absolute atomic E-state index is 0. The van der Waals surface area contributed by atoms with Crippen LogP contribution >= 0.6 is 0 Å². The highest BCUT2D eigenvalue weighted by molar-refractivity contribution is 5.84. The summed E-state index contributed by atoms with van der Waals surface area (Å²) >= 11 is 0. The molecule has 2 aromatic heterocycles. The number of aromatic amines is 1. The molecule has 0 bridgehead atoms. The number of para-hydroxylation sites is 1. The molecule has 0 aliphatic carbocycles. The maximum atomic E-state index is 8.93. The van der Waals surface area contributed by atoms with E-state index in [1.54, 1.807) is 0 Å². The van der Waals surface area contributed by atoms with E-state index in [4.69, 9.17) is 5.26 Å². The molecule has 21 heavy (non-hydrogen) atoms. The maximum absolute atomic E-state index is 8.93. The highest BCUT2D eigenvalue weighted by Crippen LogP contribution is 2.22. The number of aryl methyl sites for hydroxylation is 3. The third kappa shape index (κ3) is 3.14. The molecule has 3 nitrogen and oxygen atoms in total. The molecule has 0 aliphatic rings. The normalized spacial score (nSPS) is 10.1. The smallest absolute Gasteiger partial charge is 0.186 e. The number of pyridine rings is 1. The molecular weight excluding hydrogens is 326 g/mol. The van der Waals surface area contributed by atoms with Gasteiger partial charge in [-0.1, -0.05) is 18.2 Å². The van der Waals surface area contributed by atoms with Crippen molar-refractivity contribution in [2.45, 2.75) is 19.9 Å². The van der Waals surface area contributed by atoms with Crippen LogP contribution in [0.15, 0.2) is 48.8 Å². The zero-order chi connectivity index (χ0) is 13.9. The molecule has 2 heterocycles. The Morgan fingerprint density at radius 1 is 1.19 bits per heavy atom. The van der Waals surface area contributed by atoms with Gasteiger partial charge in [-0.3, -0.25) is 0 Å². The summed E-state index contributed by atoms with van der Waals surface area (Å²) in [5, 5.41) is 10.2. The summed E-state index contributed by atoms with van der Waals surface area (Å²) in [6.07, 6.45) is 4.85. The maximum Gasteiger partial charge on any atom is 0.186 e. The first-order chi connectivity index (χ1) is 9.78. The van der Waals surface area contributed by atoms with Crippen molar-refractivity contribution in [3.05, 3.63) is 65.6 Å². The zero-order valence-corrected chi connectivity index (χ0v) is 13.4. The molecule has 0 radical (unpaired) electrons. The summed E-state index contributed by atoms with van der Waals surface area (Å²) in [4.78, 5) is 3.42. The molecule has 0 unspecified atom stereocenters. The van der Waals surface area contributed by atoms with Crippen molar-refractivity contribution in [1.82, 2.24) is 4.98 Å². The van der Waals surface area contributed by atoms with Gasteiger partial charge in [-0.15, -0.1) is 0 Å². The Morgan fingerprint density at radius 2 is 2.00 bits per heavy atom.